The molecule has 0 aliphatic carbocycles. The molecule has 3 aromatic rings. The van der Waals surface area contributed by atoms with Crippen LogP contribution in [0.15, 0.2) is 54.7 Å². The number of para-hydroxylation sites is 1. The average Bonchev–Trinajstić information content (AvgIpc) is 2.92. The zero-order valence-corrected chi connectivity index (χ0v) is 12.5. The van der Waals surface area contributed by atoms with Crippen molar-refractivity contribution in [1.29, 1.82) is 0 Å². The Kier molecular flexibility index (Phi) is 4.19. The van der Waals surface area contributed by atoms with E-state index in [9.17, 15) is 14.9 Å². The predicted octanol–water partition coefficient (Wildman–Crippen LogP) is 3.32. The number of benzene rings is 2. The molecule has 0 amide bonds. The highest BCUT2D eigenvalue weighted by molar-refractivity contribution is 5.84. The number of aromatic nitrogens is 1. The van der Waals surface area contributed by atoms with Gasteiger partial charge >= 0.3 is 0 Å². The van der Waals surface area contributed by atoms with Crippen LogP contribution in [0, 0.1) is 10.1 Å². The Bertz CT molecular complexity index is 850. The maximum atomic E-state index is 10.7. The lowest BCUT2D eigenvalue weighted by atomic mass is 10.1. The average molecular weight is 308 g/mol. The molecule has 2 aromatic carbocycles. The summed E-state index contributed by atoms with van der Waals surface area (Å²) in [6, 6.07) is 15.4. The molecule has 0 N–H and O–H groups in total. The van der Waals surface area contributed by atoms with Gasteiger partial charge in [-0.15, -0.1) is 0 Å². The van der Waals surface area contributed by atoms with Crippen molar-refractivity contribution < 1.29 is 9.72 Å². The Hall–Kier alpha value is -2.95. The molecular formula is C18H16N2O3. The van der Waals surface area contributed by atoms with E-state index >= 15 is 0 Å². The third-order valence-corrected chi connectivity index (χ3v) is 3.90. The van der Waals surface area contributed by atoms with Gasteiger partial charge in [-0.3, -0.25) is 14.9 Å². The summed E-state index contributed by atoms with van der Waals surface area (Å²) in [6.07, 6.45) is 3.23. The third-order valence-electron chi connectivity index (χ3n) is 3.90. The lowest BCUT2D eigenvalue weighted by Crippen LogP contribution is -2.03. The highest BCUT2D eigenvalue weighted by atomic mass is 16.6. The number of rotatable bonds is 6. The predicted molar refractivity (Wildman–Crippen MR) is 88.4 cm³/mol. The Balaban J connectivity index is 1.93. The summed E-state index contributed by atoms with van der Waals surface area (Å²) >= 11 is 0. The van der Waals surface area contributed by atoms with Gasteiger partial charge in [-0.2, -0.15) is 0 Å². The first-order valence-corrected chi connectivity index (χ1v) is 7.40. The number of nitro groups is 1. The van der Waals surface area contributed by atoms with E-state index in [2.05, 4.69) is 4.57 Å². The van der Waals surface area contributed by atoms with Crippen molar-refractivity contribution in [3.8, 4) is 0 Å². The summed E-state index contributed by atoms with van der Waals surface area (Å²) in [6.45, 7) is 0.597. The normalized spacial score (nSPS) is 10.8. The van der Waals surface area contributed by atoms with Crippen LogP contribution >= 0.6 is 0 Å². The molecule has 0 atom stereocenters. The number of hydrogen-bond donors (Lipinski definition) is 0. The van der Waals surface area contributed by atoms with Crippen molar-refractivity contribution in [3.05, 3.63) is 81.5 Å². The van der Waals surface area contributed by atoms with Gasteiger partial charge in [0.15, 0.2) is 0 Å². The molecule has 0 fully saturated rings. The fourth-order valence-electron chi connectivity index (χ4n) is 2.76. The number of carbonyl (C=O) groups excluding carboxylic acids is 1. The number of carbonyl (C=O) groups is 1. The quantitative estimate of drug-likeness (QED) is 0.398. The minimum atomic E-state index is -0.287. The molecule has 0 bridgehead atoms. The molecule has 0 unspecified atom stereocenters. The van der Waals surface area contributed by atoms with Gasteiger partial charge < -0.3 is 4.57 Å². The standard InChI is InChI=1S/C18H16N2O3/c21-13-15-7-5-14(6-8-15)11-19-12-16(9-10-20(22)23)17-3-1-2-4-18(17)19/h1-8,12-13H,9-11H2. The van der Waals surface area contributed by atoms with E-state index < -0.39 is 0 Å². The van der Waals surface area contributed by atoms with E-state index in [1.54, 1.807) is 12.1 Å². The molecule has 0 aliphatic heterocycles. The summed E-state index contributed by atoms with van der Waals surface area (Å²) in [7, 11) is 0. The number of aldehydes is 1. The lowest BCUT2D eigenvalue weighted by molar-refractivity contribution is -0.479. The van der Waals surface area contributed by atoms with Gasteiger partial charge in [0.25, 0.3) is 0 Å². The Morgan fingerprint density at radius 3 is 2.52 bits per heavy atom. The molecule has 0 radical (unpaired) electrons. The van der Waals surface area contributed by atoms with Gasteiger partial charge in [0.1, 0.15) is 6.29 Å². The van der Waals surface area contributed by atoms with Crippen LogP contribution in [0.3, 0.4) is 0 Å². The van der Waals surface area contributed by atoms with Crippen molar-refractivity contribution in [2.24, 2.45) is 0 Å². The first kappa shape index (κ1) is 15.0. The van der Waals surface area contributed by atoms with Crippen LogP contribution in [0.2, 0.25) is 0 Å². The molecule has 0 spiro atoms. The largest absolute Gasteiger partial charge is 0.343 e. The molecule has 1 heterocycles. The lowest BCUT2D eigenvalue weighted by Gasteiger charge is -2.05. The van der Waals surface area contributed by atoms with Crippen molar-refractivity contribution in [2.75, 3.05) is 6.54 Å². The van der Waals surface area contributed by atoms with Crippen LogP contribution in [0.1, 0.15) is 21.5 Å². The van der Waals surface area contributed by atoms with Gasteiger partial charge in [0.05, 0.1) is 0 Å². The Labute approximate surface area is 133 Å². The number of fused-ring (bicyclic) bond motifs is 1. The summed E-state index contributed by atoms with van der Waals surface area (Å²) < 4.78 is 2.10. The van der Waals surface area contributed by atoms with Crippen LogP contribution in [-0.4, -0.2) is 22.3 Å². The zero-order chi connectivity index (χ0) is 16.2. The van der Waals surface area contributed by atoms with E-state index in [4.69, 9.17) is 0 Å². The highest BCUT2D eigenvalue weighted by Gasteiger charge is 2.10. The first-order chi connectivity index (χ1) is 11.2. The van der Waals surface area contributed by atoms with E-state index in [-0.39, 0.29) is 11.5 Å². The monoisotopic (exact) mass is 308 g/mol. The summed E-state index contributed by atoms with van der Waals surface area (Å²) in [5.41, 5.74) is 3.78. The second-order valence-electron chi connectivity index (χ2n) is 5.47. The Morgan fingerprint density at radius 1 is 1.09 bits per heavy atom. The molecule has 0 aliphatic rings. The van der Waals surface area contributed by atoms with Crippen LogP contribution in [-0.2, 0) is 13.0 Å². The van der Waals surface area contributed by atoms with Crippen molar-refractivity contribution in [3.63, 3.8) is 0 Å². The maximum absolute atomic E-state index is 10.7. The molecule has 1 aromatic heterocycles. The molecule has 23 heavy (non-hydrogen) atoms. The minimum absolute atomic E-state index is 0.0674. The first-order valence-electron chi connectivity index (χ1n) is 7.40. The van der Waals surface area contributed by atoms with Crippen molar-refractivity contribution in [2.45, 2.75) is 13.0 Å². The van der Waals surface area contributed by atoms with Crippen molar-refractivity contribution in [1.82, 2.24) is 4.57 Å². The molecule has 5 nitrogen and oxygen atoms in total. The van der Waals surface area contributed by atoms with Crippen LogP contribution in [0.5, 0.6) is 0 Å². The number of hydrogen-bond acceptors (Lipinski definition) is 3. The molecule has 0 saturated heterocycles. The molecular weight excluding hydrogens is 292 g/mol. The van der Waals surface area contributed by atoms with E-state index in [0.29, 0.717) is 18.5 Å². The second kappa shape index (κ2) is 6.44. The fourth-order valence-corrected chi connectivity index (χ4v) is 2.76. The minimum Gasteiger partial charge on any atom is -0.343 e. The zero-order valence-electron chi connectivity index (χ0n) is 12.5. The molecule has 5 heteroatoms. The maximum Gasteiger partial charge on any atom is 0.207 e. The number of nitrogens with zero attached hydrogens (tertiary/aromatic N) is 2. The summed E-state index contributed by atoms with van der Waals surface area (Å²) in [5.74, 6) is 0. The van der Waals surface area contributed by atoms with E-state index in [0.717, 1.165) is 28.3 Å². The van der Waals surface area contributed by atoms with Gasteiger partial charge in [0.2, 0.25) is 6.54 Å². The molecule has 0 saturated carbocycles. The second-order valence-corrected chi connectivity index (χ2v) is 5.47. The molecule has 116 valence electrons. The smallest absolute Gasteiger partial charge is 0.207 e. The summed E-state index contributed by atoms with van der Waals surface area (Å²) in [4.78, 5) is 21.1. The Morgan fingerprint density at radius 2 is 1.83 bits per heavy atom. The summed E-state index contributed by atoms with van der Waals surface area (Å²) in [5, 5.41) is 11.7. The van der Waals surface area contributed by atoms with E-state index in [1.165, 1.54) is 0 Å². The van der Waals surface area contributed by atoms with Crippen LogP contribution < -0.4 is 0 Å². The van der Waals surface area contributed by atoms with Crippen molar-refractivity contribution >= 4 is 17.2 Å². The third kappa shape index (κ3) is 3.29. The van der Waals surface area contributed by atoms with Crippen LogP contribution in [0.25, 0.3) is 10.9 Å². The molecule has 3 rings (SSSR count). The van der Waals surface area contributed by atoms with Gasteiger partial charge in [0, 0.05) is 40.6 Å². The van der Waals surface area contributed by atoms with E-state index in [1.807, 2.05) is 42.6 Å². The highest BCUT2D eigenvalue weighted by Crippen LogP contribution is 2.23. The van der Waals surface area contributed by atoms with Gasteiger partial charge in [-0.25, -0.2) is 0 Å². The fraction of sp³-hybridized carbons (Fsp3) is 0.167. The van der Waals surface area contributed by atoms with Crippen LogP contribution in [0.4, 0.5) is 0 Å². The topological polar surface area (TPSA) is 65.1 Å². The SMILES string of the molecule is O=Cc1ccc(Cn2cc(CC[N+](=O)[O-])c3ccccc32)cc1. The van der Waals surface area contributed by atoms with Gasteiger partial charge in [-0.1, -0.05) is 42.5 Å². The van der Waals surface area contributed by atoms with Gasteiger partial charge in [-0.05, 0) is 17.2 Å².